The van der Waals surface area contributed by atoms with Crippen LogP contribution in [-0.2, 0) is 29.0 Å². The average Bonchev–Trinajstić information content (AvgIpc) is 2.92. The topological polar surface area (TPSA) is 83.1 Å². The lowest BCUT2D eigenvalue weighted by molar-refractivity contribution is -0.120. The lowest BCUT2D eigenvalue weighted by atomic mass is 10.1. The van der Waals surface area contributed by atoms with Crippen molar-refractivity contribution in [2.75, 3.05) is 17.7 Å². The quantitative estimate of drug-likeness (QED) is 0.777. The molecule has 0 spiro atoms. The molecule has 0 unspecified atom stereocenters. The molecule has 0 aliphatic carbocycles. The number of carbonyl (C=O) groups is 2. The van der Waals surface area contributed by atoms with Gasteiger partial charge in [-0.1, -0.05) is 6.07 Å². The molecule has 2 amide bonds. The van der Waals surface area contributed by atoms with Gasteiger partial charge < -0.3 is 16.0 Å². The second-order valence-electron chi connectivity index (χ2n) is 5.71. The molecule has 6 nitrogen and oxygen atoms in total. The number of nitrogens with one attached hydrogen (secondary N) is 3. The molecular weight excluding hydrogens is 324 g/mol. The van der Waals surface area contributed by atoms with Crippen molar-refractivity contribution < 1.29 is 9.59 Å². The first-order valence-corrected chi connectivity index (χ1v) is 8.82. The van der Waals surface area contributed by atoms with E-state index in [0.717, 1.165) is 34.9 Å². The van der Waals surface area contributed by atoms with Crippen molar-refractivity contribution in [3.8, 4) is 0 Å². The lowest BCUT2D eigenvalue weighted by Crippen LogP contribution is -2.19. The van der Waals surface area contributed by atoms with Crippen LogP contribution >= 0.6 is 11.3 Å². The Balaban J connectivity index is 1.63. The number of amides is 2. The summed E-state index contributed by atoms with van der Waals surface area (Å²) < 4.78 is 0. The van der Waals surface area contributed by atoms with E-state index in [2.05, 4.69) is 27.0 Å². The molecule has 0 radical (unpaired) electrons. The van der Waals surface area contributed by atoms with Crippen molar-refractivity contribution in [2.45, 2.75) is 32.2 Å². The van der Waals surface area contributed by atoms with Crippen molar-refractivity contribution in [3.05, 3.63) is 39.8 Å². The predicted octanol–water partition coefficient (Wildman–Crippen LogP) is 2.32. The van der Waals surface area contributed by atoms with Crippen LogP contribution in [0.4, 0.5) is 11.4 Å². The fourth-order valence-electron chi connectivity index (χ4n) is 2.60. The van der Waals surface area contributed by atoms with Gasteiger partial charge in [0.05, 0.1) is 18.7 Å². The zero-order chi connectivity index (χ0) is 16.9. The number of carbonyl (C=O) groups excluding carboxylic acids is 2. The number of fused-ring (bicyclic) bond motifs is 1. The lowest BCUT2D eigenvalue weighted by Gasteiger charge is -2.10. The van der Waals surface area contributed by atoms with Crippen LogP contribution in [0.5, 0.6) is 0 Å². The Morgan fingerprint density at radius 3 is 3.08 bits per heavy atom. The summed E-state index contributed by atoms with van der Waals surface area (Å²) in [6.07, 6.45) is 2.69. The molecule has 0 fully saturated rings. The van der Waals surface area contributed by atoms with Gasteiger partial charge in [0.15, 0.2) is 0 Å². The molecule has 1 aliphatic rings. The Morgan fingerprint density at radius 1 is 1.38 bits per heavy atom. The Kier molecular flexibility index (Phi) is 5.10. The predicted molar refractivity (Wildman–Crippen MR) is 95.2 cm³/mol. The monoisotopic (exact) mass is 344 g/mol. The third-order valence-corrected chi connectivity index (χ3v) is 4.80. The molecule has 1 aliphatic heterocycles. The molecule has 3 rings (SSSR count). The maximum absolute atomic E-state index is 11.7. The van der Waals surface area contributed by atoms with Crippen LogP contribution in [0.15, 0.2) is 23.6 Å². The van der Waals surface area contributed by atoms with Gasteiger partial charge >= 0.3 is 0 Å². The van der Waals surface area contributed by atoms with Gasteiger partial charge in [-0.25, -0.2) is 4.98 Å². The number of hydrogen-bond acceptors (Lipinski definition) is 5. The standard InChI is InChI=1S/C17H20N4O2S/c1-18-16(23)8-17-20-13(10-24-17)9-19-12-6-5-11-3-2-4-15(22)21-14(11)7-12/h5-7,10,19H,2-4,8-9H2,1H3,(H,18,23)(H,21,22). The van der Waals surface area contributed by atoms with Crippen LogP contribution in [-0.4, -0.2) is 23.8 Å². The first-order chi connectivity index (χ1) is 11.6. The smallest absolute Gasteiger partial charge is 0.226 e. The molecule has 2 aromatic rings. The molecular formula is C17H20N4O2S. The van der Waals surface area contributed by atoms with Crippen molar-refractivity contribution in [2.24, 2.45) is 0 Å². The summed E-state index contributed by atoms with van der Waals surface area (Å²) in [6.45, 7) is 0.580. The summed E-state index contributed by atoms with van der Waals surface area (Å²) >= 11 is 1.49. The van der Waals surface area contributed by atoms with Gasteiger partial charge in [0.25, 0.3) is 0 Å². The third-order valence-electron chi connectivity index (χ3n) is 3.90. The van der Waals surface area contributed by atoms with E-state index in [4.69, 9.17) is 0 Å². The first-order valence-electron chi connectivity index (χ1n) is 7.94. The molecule has 7 heteroatoms. The van der Waals surface area contributed by atoms with Gasteiger partial charge in [0.2, 0.25) is 11.8 Å². The van der Waals surface area contributed by atoms with Gasteiger partial charge in [0.1, 0.15) is 5.01 Å². The van der Waals surface area contributed by atoms with Crippen LogP contribution in [0.2, 0.25) is 0 Å². The molecule has 0 saturated carbocycles. The zero-order valence-corrected chi connectivity index (χ0v) is 14.3. The minimum Gasteiger partial charge on any atom is -0.379 e. The number of hydrogen-bond donors (Lipinski definition) is 3. The van der Waals surface area contributed by atoms with E-state index in [0.29, 0.717) is 19.4 Å². The fourth-order valence-corrected chi connectivity index (χ4v) is 3.40. The molecule has 0 saturated heterocycles. The molecule has 1 aromatic heterocycles. The van der Waals surface area contributed by atoms with E-state index < -0.39 is 0 Å². The molecule has 1 aromatic carbocycles. The maximum atomic E-state index is 11.7. The van der Waals surface area contributed by atoms with Crippen molar-refractivity contribution >= 4 is 34.5 Å². The van der Waals surface area contributed by atoms with Crippen LogP contribution < -0.4 is 16.0 Å². The summed E-state index contributed by atoms with van der Waals surface area (Å²) in [5.41, 5.74) is 3.91. The van der Waals surface area contributed by atoms with Gasteiger partial charge in [-0.2, -0.15) is 0 Å². The van der Waals surface area contributed by atoms with E-state index in [1.54, 1.807) is 7.05 Å². The van der Waals surface area contributed by atoms with E-state index in [-0.39, 0.29) is 11.8 Å². The van der Waals surface area contributed by atoms with E-state index in [1.807, 2.05) is 17.5 Å². The number of likely N-dealkylation sites (N-methyl/N-ethyl adjacent to an activating group) is 1. The van der Waals surface area contributed by atoms with Gasteiger partial charge in [-0.3, -0.25) is 9.59 Å². The van der Waals surface area contributed by atoms with Crippen molar-refractivity contribution in [3.63, 3.8) is 0 Å². The number of thiazole rings is 1. The maximum Gasteiger partial charge on any atom is 0.226 e. The highest BCUT2D eigenvalue weighted by Crippen LogP contribution is 2.26. The molecule has 3 N–H and O–H groups in total. The summed E-state index contributed by atoms with van der Waals surface area (Å²) in [7, 11) is 1.62. The normalized spacial score (nSPS) is 13.6. The molecule has 126 valence electrons. The second kappa shape index (κ2) is 7.44. The molecule has 24 heavy (non-hydrogen) atoms. The van der Waals surface area contributed by atoms with Gasteiger partial charge in [-0.15, -0.1) is 11.3 Å². The van der Waals surface area contributed by atoms with E-state index in [9.17, 15) is 9.59 Å². The van der Waals surface area contributed by atoms with E-state index >= 15 is 0 Å². The SMILES string of the molecule is CNC(=O)Cc1nc(CNc2ccc3c(c2)NC(=O)CCC3)cs1. The molecule has 2 heterocycles. The number of aromatic nitrogens is 1. The summed E-state index contributed by atoms with van der Waals surface area (Å²) in [5.74, 6) is 0.0367. The highest BCUT2D eigenvalue weighted by molar-refractivity contribution is 7.09. The van der Waals surface area contributed by atoms with Crippen LogP contribution in [0.3, 0.4) is 0 Å². The second-order valence-corrected chi connectivity index (χ2v) is 6.65. The van der Waals surface area contributed by atoms with Crippen LogP contribution in [0, 0.1) is 0 Å². The minimum absolute atomic E-state index is 0.0367. The van der Waals surface area contributed by atoms with Gasteiger partial charge in [0, 0.05) is 30.2 Å². The minimum atomic E-state index is -0.0367. The summed E-state index contributed by atoms with van der Waals surface area (Å²) in [5, 5.41) is 11.6. The number of aryl methyl sites for hydroxylation is 1. The first kappa shape index (κ1) is 16.4. The van der Waals surface area contributed by atoms with E-state index in [1.165, 1.54) is 16.9 Å². The highest BCUT2D eigenvalue weighted by Gasteiger charge is 2.13. The largest absolute Gasteiger partial charge is 0.379 e. The number of benzene rings is 1. The summed E-state index contributed by atoms with van der Waals surface area (Å²) in [4.78, 5) is 27.5. The van der Waals surface area contributed by atoms with Crippen LogP contribution in [0.1, 0.15) is 29.1 Å². The number of rotatable bonds is 5. The highest BCUT2D eigenvalue weighted by atomic mass is 32.1. The third kappa shape index (κ3) is 4.11. The Bertz CT molecular complexity index is 757. The Hall–Kier alpha value is -2.41. The van der Waals surface area contributed by atoms with Gasteiger partial charge in [-0.05, 0) is 30.5 Å². The zero-order valence-electron chi connectivity index (χ0n) is 13.5. The Labute approximate surface area is 144 Å². The number of anilines is 2. The van der Waals surface area contributed by atoms with Crippen molar-refractivity contribution in [1.82, 2.24) is 10.3 Å². The van der Waals surface area contributed by atoms with Crippen LogP contribution in [0.25, 0.3) is 0 Å². The summed E-state index contributed by atoms with van der Waals surface area (Å²) in [6, 6.07) is 6.05. The number of nitrogens with zero attached hydrogens (tertiary/aromatic N) is 1. The average molecular weight is 344 g/mol. The molecule has 0 atom stereocenters. The Morgan fingerprint density at radius 2 is 2.25 bits per heavy atom. The molecule has 0 bridgehead atoms. The fraction of sp³-hybridized carbons (Fsp3) is 0.353. The van der Waals surface area contributed by atoms with Crippen molar-refractivity contribution in [1.29, 1.82) is 0 Å².